The summed E-state index contributed by atoms with van der Waals surface area (Å²) < 4.78 is 1.97. The zero-order chi connectivity index (χ0) is 16.8. The number of oxime groups is 1. The van der Waals surface area contributed by atoms with Crippen LogP contribution in [0, 0.1) is 0 Å². The van der Waals surface area contributed by atoms with E-state index in [2.05, 4.69) is 15.5 Å². The lowest BCUT2D eigenvalue weighted by atomic mass is 10.2. The smallest absolute Gasteiger partial charge is 0.212 e. The Morgan fingerprint density at radius 3 is 2.83 bits per heavy atom. The van der Waals surface area contributed by atoms with Gasteiger partial charge in [0.2, 0.25) is 6.41 Å². The van der Waals surface area contributed by atoms with E-state index in [9.17, 15) is 4.79 Å². The minimum absolute atomic E-state index is 0.145. The van der Waals surface area contributed by atoms with Gasteiger partial charge in [-0.05, 0) is 18.4 Å². The van der Waals surface area contributed by atoms with Crippen LogP contribution >= 0.6 is 0 Å². The lowest BCUT2D eigenvalue weighted by Gasteiger charge is -2.14. The van der Waals surface area contributed by atoms with Crippen molar-refractivity contribution in [1.29, 1.82) is 0 Å². The normalized spacial score (nSPS) is 15.4. The molecule has 1 saturated carbocycles. The third-order valence-electron chi connectivity index (χ3n) is 4.19. The zero-order valence-corrected chi connectivity index (χ0v) is 13.4. The molecule has 126 valence electrons. The number of aromatic nitrogens is 2. The summed E-state index contributed by atoms with van der Waals surface area (Å²) >= 11 is 0. The molecule has 24 heavy (non-hydrogen) atoms. The van der Waals surface area contributed by atoms with Gasteiger partial charge in [0.25, 0.3) is 0 Å². The van der Waals surface area contributed by atoms with E-state index >= 15 is 0 Å². The third kappa shape index (κ3) is 3.56. The molecule has 0 aliphatic heterocycles. The third-order valence-corrected chi connectivity index (χ3v) is 4.19. The van der Waals surface area contributed by atoms with Crippen LogP contribution in [0.5, 0.6) is 0 Å². The Labute approximate surface area is 140 Å². The molecule has 0 atom stereocenters. The summed E-state index contributed by atoms with van der Waals surface area (Å²) in [5.41, 5.74) is 7.42. The Morgan fingerprint density at radius 2 is 2.12 bits per heavy atom. The second-order valence-corrected chi connectivity index (χ2v) is 5.79. The predicted octanol–water partition coefficient (Wildman–Crippen LogP) is 2.40. The molecule has 1 aromatic heterocycles. The molecule has 0 unspecified atom stereocenters. The maximum atomic E-state index is 10.9. The molecule has 0 spiro atoms. The van der Waals surface area contributed by atoms with Gasteiger partial charge in [-0.3, -0.25) is 4.79 Å². The highest BCUT2D eigenvalue weighted by molar-refractivity contribution is 6.01. The Kier molecular flexibility index (Phi) is 5.10. The standard InChI is InChI=1S/C17H21N5O2/c18-16(21-24-10-13-6-2-1-3-7-13)15-17(20-12-23)22(11-19-15)14-8-4-5-9-14/h1-3,6-7,11-12,14H,4-5,8-10H2,(H2,18,21)(H,20,23). The molecule has 1 aliphatic rings. The van der Waals surface area contributed by atoms with Crippen LogP contribution in [0.25, 0.3) is 0 Å². The Balaban J connectivity index is 1.74. The second kappa shape index (κ2) is 7.63. The number of amides is 1. The van der Waals surface area contributed by atoms with Crippen LogP contribution in [0.2, 0.25) is 0 Å². The number of benzene rings is 1. The first-order valence-electron chi connectivity index (χ1n) is 8.06. The van der Waals surface area contributed by atoms with Crippen molar-refractivity contribution in [3.8, 4) is 0 Å². The fourth-order valence-corrected chi connectivity index (χ4v) is 3.00. The number of hydrogen-bond donors (Lipinski definition) is 2. The summed E-state index contributed by atoms with van der Waals surface area (Å²) in [6.45, 7) is 0.321. The average Bonchev–Trinajstić information content (AvgIpc) is 3.25. The van der Waals surface area contributed by atoms with Gasteiger partial charge in [-0.15, -0.1) is 0 Å². The number of amidine groups is 1. The summed E-state index contributed by atoms with van der Waals surface area (Å²) in [6.07, 6.45) is 6.85. The van der Waals surface area contributed by atoms with Crippen molar-refractivity contribution >= 4 is 18.1 Å². The van der Waals surface area contributed by atoms with Crippen molar-refractivity contribution in [3.63, 3.8) is 0 Å². The first-order valence-corrected chi connectivity index (χ1v) is 8.06. The Hall–Kier alpha value is -2.83. The van der Waals surface area contributed by atoms with Crippen molar-refractivity contribution in [2.24, 2.45) is 10.9 Å². The van der Waals surface area contributed by atoms with E-state index in [-0.39, 0.29) is 5.84 Å². The molecule has 7 heteroatoms. The van der Waals surface area contributed by atoms with Gasteiger partial charge in [-0.2, -0.15) is 0 Å². The minimum Gasteiger partial charge on any atom is -0.389 e. The molecule has 0 radical (unpaired) electrons. The van der Waals surface area contributed by atoms with Crippen LogP contribution < -0.4 is 11.1 Å². The van der Waals surface area contributed by atoms with Gasteiger partial charge in [-0.25, -0.2) is 4.98 Å². The van der Waals surface area contributed by atoms with Crippen molar-refractivity contribution in [1.82, 2.24) is 9.55 Å². The SMILES string of the molecule is N/C(=N/OCc1ccccc1)c1ncn(C2CCCC2)c1NC=O. The van der Waals surface area contributed by atoms with Crippen LogP contribution in [-0.4, -0.2) is 21.8 Å². The highest BCUT2D eigenvalue weighted by Crippen LogP contribution is 2.32. The molecule has 3 N–H and O–H groups in total. The van der Waals surface area contributed by atoms with Crippen molar-refractivity contribution in [2.75, 3.05) is 5.32 Å². The molecule has 0 bridgehead atoms. The van der Waals surface area contributed by atoms with Crippen molar-refractivity contribution in [3.05, 3.63) is 47.9 Å². The second-order valence-electron chi connectivity index (χ2n) is 5.79. The summed E-state index contributed by atoms with van der Waals surface area (Å²) in [7, 11) is 0. The van der Waals surface area contributed by atoms with E-state index < -0.39 is 0 Å². The van der Waals surface area contributed by atoms with Gasteiger partial charge >= 0.3 is 0 Å². The molecule has 2 aromatic rings. The zero-order valence-electron chi connectivity index (χ0n) is 13.4. The number of hydrogen-bond acceptors (Lipinski definition) is 4. The van der Waals surface area contributed by atoms with Gasteiger partial charge in [0.15, 0.2) is 11.5 Å². The van der Waals surface area contributed by atoms with E-state index in [1.54, 1.807) is 6.33 Å². The van der Waals surface area contributed by atoms with Crippen LogP contribution in [0.15, 0.2) is 41.8 Å². The summed E-state index contributed by atoms with van der Waals surface area (Å²) in [4.78, 5) is 20.6. The van der Waals surface area contributed by atoms with E-state index in [0.717, 1.165) is 18.4 Å². The fourth-order valence-electron chi connectivity index (χ4n) is 3.00. The predicted molar refractivity (Wildman–Crippen MR) is 91.4 cm³/mol. The fraction of sp³-hybridized carbons (Fsp3) is 0.353. The summed E-state index contributed by atoms with van der Waals surface area (Å²) in [6, 6.07) is 10.0. The minimum atomic E-state index is 0.145. The molecule has 1 amide bonds. The molecule has 0 saturated heterocycles. The number of carbonyl (C=O) groups excluding carboxylic acids is 1. The van der Waals surface area contributed by atoms with E-state index in [1.165, 1.54) is 12.8 Å². The number of nitrogens with one attached hydrogen (secondary N) is 1. The number of nitrogens with two attached hydrogens (primary N) is 1. The molecule has 1 fully saturated rings. The van der Waals surface area contributed by atoms with Crippen molar-refractivity contribution < 1.29 is 9.63 Å². The van der Waals surface area contributed by atoms with Crippen LogP contribution in [0.4, 0.5) is 5.82 Å². The molecular weight excluding hydrogens is 306 g/mol. The lowest BCUT2D eigenvalue weighted by molar-refractivity contribution is -0.105. The summed E-state index contributed by atoms with van der Waals surface area (Å²) in [5.74, 6) is 0.716. The molecule has 1 aromatic carbocycles. The van der Waals surface area contributed by atoms with Crippen LogP contribution in [-0.2, 0) is 16.2 Å². The first-order chi connectivity index (χ1) is 11.8. The number of carbonyl (C=O) groups is 1. The van der Waals surface area contributed by atoms with Gasteiger partial charge < -0.3 is 20.5 Å². The molecule has 1 aliphatic carbocycles. The first kappa shape index (κ1) is 16.0. The molecule has 1 heterocycles. The van der Waals surface area contributed by atoms with Crippen LogP contribution in [0.3, 0.4) is 0 Å². The number of nitrogens with zero attached hydrogens (tertiary/aromatic N) is 3. The van der Waals surface area contributed by atoms with Crippen LogP contribution in [0.1, 0.15) is 43.0 Å². The molecule has 3 rings (SSSR count). The van der Waals surface area contributed by atoms with Gasteiger partial charge in [0.1, 0.15) is 12.4 Å². The Morgan fingerprint density at radius 1 is 1.38 bits per heavy atom. The van der Waals surface area contributed by atoms with E-state index in [1.807, 2.05) is 34.9 Å². The summed E-state index contributed by atoms with van der Waals surface area (Å²) in [5, 5.41) is 6.63. The number of imidazole rings is 1. The number of anilines is 1. The quantitative estimate of drug-likeness (QED) is 0.353. The van der Waals surface area contributed by atoms with E-state index in [0.29, 0.717) is 30.6 Å². The topological polar surface area (TPSA) is 94.5 Å². The molecule has 7 nitrogen and oxygen atoms in total. The average molecular weight is 327 g/mol. The lowest BCUT2D eigenvalue weighted by Crippen LogP contribution is -2.18. The monoisotopic (exact) mass is 327 g/mol. The highest BCUT2D eigenvalue weighted by Gasteiger charge is 2.23. The van der Waals surface area contributed by atoms with Gasteiger partial charge in [0, 0.05) is 6.04 Å². The van der Waals surface area contributed by atoms with Gasteiger partial charge in [0.05, 0.1) is 6.33 Å². The molecular formula is C17H21N5O2. The van der Waals surface area contributed by atoms with Crippen molar-refractivity contribution in [2.45, 2.75) is 38.3 Å². The van der Waals surface area contributed by atoms with E-state index in [4.69, 9.17) is 10.6 Å². The largest absolute Gasteiger partial charge is 0.389 e. The maximum absolute atomic E-state index is 10.9. The highest BCUT2D eigenvalue weighted by atomic mass is 16.6. The maximum Gasteiger partial charge on any atom is 0.212 e. The number of rotatable bonds is 7. The van der Waals surface area contributed by atoms with Gasteiger partial charge in [-0.1, -0.05) is 48.3 Å². The Bertz CT molecular complexity index is 705.